The molecule has 0 aliphatic heterocycles. The Morgan fingerprint density at radius 3 is 2.34 bits per heavy atom. The predicted molar refractivity (Wildman–Crippen MR) is 137 cm³/mol. The number of aromatic nitrogens is 2. The van der Waals surface area contributed by atoms with Gasteiger partial charge in [-0.15, -0.1) is 0 Å². The van der Waals surface area contributed by atoms with Crippen LogP contribution in [0.25, 0.3) is 22.4 Å². The number of carbonyl (C=O) groups is 1. The van der Waals surface area contributed by atoms with E-state index in [0.717, 1.165) is 61.2 Å². The molecule has 4 rings (SSSR count). The number of aliphatic hydroxyl groups is 1. The van der Waals surface area contributed by atoms with Crippen LogP contribution in [-0.4, -0.2) is 45.8 Å². The largest absolute Gasteiger partial charge is 0.480 e. The van der Waals surface area contributed by atoms with Crippen molar-refractivity contribution in [2.24, 2.45) is 11.8 Å². The standard InChI is InChI=1S/C29H36N2O4/c1-21-9-15-25(16-10-21)29-28(24-6-3-2-4-7-24)26(8-5-17-32)30-31(29)18-22-11-13-23(14-12-22)19-35-20-27(33)34/h2-4,6-7,9-10,15-16,22-23,32H,5,8,11-14,17-20H2,1H3,(H,33,34)/t22-,23+. The molecule has 0 atom stereocenters. The number of aliphatic carboxylic acids is 1. The van der Waals surface area contributed by atoms with E-state index < -0.39 is 5.97 Å². The normalized spacial score (nSPS) is 18.0. The Labute approximate surface area is 207 Å². The molecular formula is C29H36N2O4. The van der Waals surface area contributed by atoms with Gasteiger partial charge in [0.25, 0.3) is 0 Å². The van der Waals surface area contributed by atoms with Gasteiger partial charge in [-0.2, -0.15) is 5.10 Å². The maximum Gasteiger partial charge on any atom is 0.329 e. The first kappa shape index (κ1) is 25.1. The van der Waals surface area contributed by atoms with Gasteiger partial charge in [-0.25, -0.2) is 4.79 Å². The van der Waals surface area contributed by atoms with Gasteiger partial charge in [0.15, 0.2) is 0 Å². The number of ether oxygens (including phenoxy) is 1. The van der Waals surface area contributed by atoms with Gasteiger partial charge in [0, 0.05) is 24.3 Å². The second kappa shape index (κ2) is 12.1. The molecule has 0 spiro atoms. The van der Waals surface area contributed by atoms with Crippen LogP contribution in [0.2, 0.25) is 0 Å². The molecule has 0 amide bonds. The van der Waals surface area contributed by atoms with Gasteiger partial charge in [-0.3, -0.25) is 4.68 Å². The van der Waals surface area contributed by atoms with Crippen molar-refractivity contribution in [3.63, 3.8) is 0 Å². The first-order chi connectivity index (χ1) is 17.0. The second-order valence-electron chi connectivity index (χ2n) is 9.71. The van der Waals surface area contributed by atoms with Gasteiger partial charge in [-0.05, 0) is 62.8 Å². The Morgan fingerprint density at radius 2 is 1.69 bits per heavy atom. The molecule has 2 aromatic carbocycles. The summed E-state index contributed by atoms with van der Waals surface area (Å²) in [5.74, 6) is 0.0381. The third kappa shape index (κ3) is 6.59. The number of carboxylic acid groups (broad SMARTS) is 1. The number of aryl methyl sites for hydroxylation is 2. The fourth-order valence-electron chi connectivity index (χ4n) is 5.12. The van der Waals surface area contributed by atoms with Crippen molar-refractivity contribution in [3.8, 4) is 22.4 Å². The molecule has 186 valence electrons. The first-order valence-corrected chi connectivity index (χ1v) is 12.7. The van der Waals surface area contributed by atoms with Crippen molar-refractivity contribution in [3.05, 3.63) is 65.9 Å². The molecule has 0 bridgehead atoms. The Kier molecular flexibility index (Phi) is 8.72. The van der Waals surface area contributed by atoms with Crippen LogP contribution in [0.4, 0.5) is 0 Å². The summed E-state index contributed by atoms with van der Waals surface area (Å²) in [6.07, 6.45) is 5.69. The van der Waals surface area contributed by atoms with Crippen LogP contribution in [0.5, 0.6) is 0 Å². The average Bonchev–Trinajstić information content (AvgIpc) is 3.22. The smallest absolute Gasteiger partial charge is 0.329 e. The number of carboxylic acids is 1. The monoisotopic (exact) mass is 476 g/mol. The van der Waals surface area contributed by atoms with Crippen LogP contribution in [0.1, 0.15) is 43.4 Å². The number of aliphatic hydroxyl groups excluding tert-OH is 1. The molecule has 1 aliphatic rings. The summed E-state index contributed by atoms with van der Waals surface area (Å²) in [6, 6.07) is 19.1. The molecule has 6 nitrogen and oxygen atoms in total. The van der Waals surface area contributed by atoms with Crippen LogP contribution in [-0.2, 0) is 22.5 Å². The van der Waals surface area contributed by atoms with Gasteiger partial charge in [-0.1, -0.05) is 60.2 Å². The summed E-state index contributed by atoms with van der Waals surface area (Å²) < 4.78 is 7.54. The first-order valence-electron chi connectivity index (χ1n) is 12.7. The van der Waals surface area contributed by atoms with Gasteiger partial charge < -0.3 is 14.9 Å². The molecule has 35 heavy (non-hydrogen) atoms. The number of rotatable bonds is 11. The lowest BCUT2D eigenvalue weighted by Crippen LogP contribution is -2.23. The maximum absolute atomic E-state index is 10.7. The highest BCUT2D eigenvalue weighted by molar-refractivity contribution is 5.83. The SMILES string of the molecule is Cc1ccc(-c2c(-c3ccccc3)c(CCCO)nn2C[C@H]2CC[C@@H](COCC(=O)O)CC2)cc1. The van der Waals surface area contributed by atoms with E-state index in [1.807, 2.05) is 6.07 Å². The molecule has 1 fully saturated rings. The van der Waals surface area contributed by atoms with Crippen molar-refractivity contribution in [1.29, 1.82) is 0 Å². The lowest BCUT2D eigenvalue weighted by atomic mass is 9.82. The molecule has 6 heteroatoms. The Balaban J connectivity index is 1.61. The summed E-state index contributed by atoms with van der Waals surface area (Å²) in [5.41, 5.74) is 6.89. The van der Waals surface area contributed by atoms with E-state index in [4.69, 9.17) is 14.9 Å². The zero-order chi connectivity index (χ0) is 24.6. The summed E-state index contributed by atoms with van der Waals surface area (Å²) in [7, 11) is 0. The fourth-order valence-corrected chi connectivity index (χ4v) is 5.12. The number of benzene rings is 2. The molecule has 0 saturated heterocycles. The van der Waals surface area contributed by atoms with E-state index in [-0.39, 0.29) is 13.2 Å². The van der Waals surface area contributed by atoms with Crippen LogP contribution in [0.15, 0.2) is 54.6 Å². The summed E-state index contributed by atoms with van der Waals surface area (Å²) in [5, 5.41) is 23.4. The van der Waals surface area contributed by atoms with E-state index in [1.165, 1.54) is 11.1 Å². The minimum atomic E-state index is -0.910. The fraction of sp³-hybridized carbons (Fsp3) is 0.448. The third-order valence-corrected chi connectivity index (χ3v) is 6.96. The second-order valence-corrected chi connectivity index (χ2v) is 9.71. The van der Waals surface area contributed by atoms with E-state index in [0.29, 0.717) is 24.9 Å². The molecule has 1 aliphatic carbocycles. The molecule has 1 saturated carbocycles. The highest BCUT2D eigenvalue weighted by Crippen LogP contribution is 2.38. The Bertz CT molecular complexity index is 1080. The number of hydrogen-bond acceptors (Lipinski definition) is 4. The van der Waals surface area contributed by atoms with Crippen LogP contribution in [0, 0.1) is 18.8 Å². The summed E-state index contributed by atoms with van der Waals surface area (Å²) in [6.45, 7) is 3.41. The topological polar surface area (TPSA) is 84.6 Å². The van der Waals surface area contributed by atoms with E-state index >= 15 is 0 Å². The van der Waals surface area contributed by atoms with Crippen molar-refractivity contribution in [1.82, 2.24) is 9.78 Å². The van der Waals surface area contributed by atoms with Crippen molar-refractivity contribution in [2.45, 2.75) is 52.0 Å². The predicted octanol–water partition coefficient (Wildman–Crippen LogP) is 5.36. The minimum absolute atomic E-state index is 0.148. The van der Waals surface area contributed by atoms with Crippen LogP contribution in [0.3, 0.4) is 0 Å². The third-order valence-electron chi connectivity index (χ3n) is 6.96. The average molecular weight is 477 g/mol. The maximum atomic E-state index is 10.7. The minimum Gasteiger partial charge on any atom is -0.480 e. The van der Waals surface area contributed by atoms with Gasteiger partial charge in [0.2, 0.25) is 0 Å². The number of hydrogen-bond donors (Lipinski definition) is 2. The zero-order valence-electron chi connectivity index (χ0n) is 20.5. The van der Waals surface area contributed by atoms with E-state index in [2.05, 4.69) is 60.1 Å². The molecule has 2 N–H and O–H groups in total. The highest BCUT2D eigenvalue weighted by Gasteiger charge is 2.26. The Hall–Kier alpha value is -2.96. The lowest BCUT2D eigenvalue weighted by molar-refractivity contribution is -0.142. The van der Waals surface area contributed by atoms with Crippen LogP contribution < -0.4 is 0 Å². The van der Waals surface area contributed by atoms with E-state index in [9.17, 15) is 9.90 Å². The molecule has 3 aromatic rings. The zero-order valence-corrected chi connectivity index (χ0v) is 20.5. The van der Waals surface area contributed by atoms with Crippen molar-refractivity contribution in [2.75, 3.05) is 19.8 Å². The summed E-state index contributed by atoms with van der Waals surface area (Å²) >= 11 is 0. The molecular weight excluding hydrogens is 440 g/mol. The molecule has 1 aromatic heterocycles. The van der Waals surface area contributed by atoms with Gasteiger partial charge in [0.05, 0.1) is 18.0 Å². The van der Waals surface area contributed by atoms with Crippen LogP contribution >= 0.6 is 0 Å². The highest BCUT2D eigenvalue weighted by atomic mass is 16.5. The van der Waals surface area contributed by atoms with E-state index in [1.54, 1.807) is 0 Å². The van der Waals surface area contributed by atoms with Gasteiger partial charge >= 0.3 is 5.97 Å². The van der Waals surface area contributed by atoms with Gasteiger partial charge in [0.1, 0.15) is 6.61 Å². The van der Waals surface area contributed by atoms with Crippen molar-refractivity contribution >= 4 is 5.97 Å². The summed E-state index contributed by atoms with van der Waals surface area (Å²) in [4.78, 5) is 10.7. The quantitative estimate of drug-likeness (QED) is 0.389. The van der Waals surface area contributed by atoms with Crippen molar-refractivity contribution < 1.29 is 19.7 Å². The molecule has 0 unspecified atom stereocenters. The number of nitrogens with zero attached hydrogens (tertiary/aromatic N) is 2. The molecule has 0 radical (unpaired) electrons. The molecule has 1 heterocycles. The Morgan fingerprint density at radius 1 is 1.00 bits per heavy atom. The lowest BCUT2D eigenvalue weighted by Gasteiger charge is -2.28.